The molecule has 0 aliphatic carbocycles. The van der Waals surface area contributed by atoms with Crippen LogP contribution in [-0.2, 0) is 0 Å². The Labute approximate surface area is 136 Å². The van der Waals surface area contributed by atoms with E-state index in [2.05, 4.69) is 14.8 Å². The van der Waals surface area contributed by atoms with Crippen molar-refractivity contribution < 1.29 is 4.42 Å². The van der Waals surface area contributed by atoms with Crippen LogP contribution in [0.15, 0.2) is 28.2 Å². The van der Waals surface area contributed by atoms with Crippen molar-refractivity contribution in [2.24, 2.45) is 0 Å². The molecule has 0 aliphatic rings. The minimum absolute atomic E-state index is 0.0383. The van der Waals surface area contributed by atoms with E-state index < -0.39 is 18.4 Å². The van der Waals surface area contributed by atoms with Crippen LogP contribution >= 0.6 is 22.9 Å². The third-order valence-electron chi connectivity index (χ3n) is 2.82. The van der Waals surface area contributed by atoms with Crippen molar-refractivity contribution in [2.75, 3.05) is 0 Å². The van der Waals surface area contributed by atoms with Gasteiger partial charge in [-0.2, -0.15) is 0 Å². The molecule has 0 saturated carbocycles. The molecule has 0 aromatic carbocycles. The Bertz CT molecular complexity index is 768. The number of halogens is 1. The number of nitriles is 2. The Morgan fingerprint density at radius 1 is 1.29 bits per heavy atom. The summed E-state index contributed by atoms with van der Waals surface area (Å²) >= 11 is 5.37. The summed E-state index contributed by atoms with van der Waals surface area (Å²) in [6.07, 6.45) is 1.50. The third-order valence-corrected chi connectivity index (χ3v) is 9.33. The van der Waals surface area contributed by atoms with Gasteiger partial charge in [0.25, 0.3) is 0 Å². The number of hydrogen-bond donors (Lipinski definition) is 0. The third kappa shape index (κ3) is 3.71. The van der Waals surface area contributed by atoms with Crippen LogP contribution in [0.25, 0.3) is 16.7 Å². The Balaban J connectivity index is 2.40. The molecule has 21 heavy (non-hydrogen) atoms. The van der Waals surface area contributed by atoms with Gasteiger partial charge in [-0.1, -0.05) is 0 Å². The van der Waals surface area contributed by atoms with Crippen molar-refractivity contribution in [1.29, 1.82) is 10.5 Å². The number of nitrogens with zero attached hydrogens (tertiary/aromatic N) is 2. The molecule has 2 heterocycles. The van der Waals surface area contributed by atoms with Crippen LogP contribution in [0.2, 0.25) is 19.8 Å². The Kier molecular flexibility index (Phi) is 4.83. The van der Waals surface area contributed by atoms with Gasteiger partial charge in [0.05, 0.1) is 0 Å². The zero-order valence-corrected chi connectivity index (χ0v) is 16.3. The summed E-state index contributed by atoms with van der Waals surface area (Å²) < 4.78 is 7.06. The summed E-state index contributed by atoms with van der Waals surface area (Å²) in [5.41, 5.74) is 0.0383. The standard InChI is InChI=1S/C12H4ClN2OS.3CH3.Sn/c13-9-5-12(10-2-1-3-16-10)17-11(9)4-8(6-14)7-15;;;;/h1-2,4-5H;3*1H3;. The summed E-state index contributed by atoms with van der Waals surface area (Å²) in [6.45, 7) is 0. The van der Waals surface area contributed by atoms with Crippen molar-refractivity contribution in [1.82, 2.24) is 0 Å². The molecule has 0 fully saturated rings. The maximum atomic E-state index is 8.80. The first-order valence-electron chi connectivity index (χ1n) is 6.27. The molecule has 106 valence electrons. The molecule has 0 bridgehead atoms. The van der Waals surface area contributed by atoms with Gasteiger partial charge in [0.15, 0.2) is 0 Å². The second kappa shape index (κ2) is 6.27. The summed E-state index contributed by atoms with van der Waals surface area (Å²) in [7, 11) is 0. The van der Waals surface area contributed by atoms with E-state index in [0.29, 0.717) is 9.90 Å². The summed E-state index contributed by atoms with van der Waals surface area (Å²) in [5, 5.41) is 18.1. The molecule has 0 aliphatic heterocycles. The van der Waals surface area contributed by atoms with Gasteiger partial charge in [-0.05, 0) is 0 Å². The molecule has 0 saturated heterocycles. The molecular weight excluding hydrogens is 410 g/mol. The number of furan rings is 1. The van der Waals surface area contributed by atoms with Crippen LogP contribution in [0.1, 0.15) is 4.88 Å². The molecular formula is C15H13ClN2OSSn. The van der Waals surface area contributed by atoms with Crippen molar-refractivity contribution in [3.05, 3.63) is 33.7 Å². The zero-order chi connectivity index (χ0) is 15.6. The van der Waals surface area contributed by atoms with E-state index >= 15 is 0 Å². The first-order chi connectivity index (χ1) is 9.85. The molecule has 2 rings (SSSR count). The average Bonchev–Trinajstić information content (AvgIpc) is 3.02. The van der Waals surface area contributed by atoms with E-state index in [1.807, 2.05) is 30.3 Å². The molecule has 3 nitrogen and oxygen atoms in total. The number of thiophene rings is 1. The number of allylic oxidation sites excluding steroid dienone is 1. The first-order valence-corrected chi connectivity index (χ1v) is 17.5. The van der Waals surface area contributed by atoms with Crippen LogP contribution < -0.4 is 3.78 Å². The Hall–Kier alpha value is -1.21. The van der Waals surface area contributed by atoms with E-state index in [-0.39, 0.29) is 5.57 Å². The van der Waals surface area contributed by atoms with E-state index in [4.69, 9.17) is 26.5 Å². The zero-order valence-electron chi connectivity index (χ0n) is 11.9. The number of hydrogen-bond acceptors (Lipinski definition) is 4. The van der Waals surface area contributed by atoms with Gasteiger partial charge in [0, 0.05) is 0 Å². The van der Waals surface area contributed by atoms with Gasteiger partial charge < -0.3 is 0 Å². The maximum absolute atomic E-state index is 8.80. The quantitative estimate of drug-likeness (QED) is 0.534. The van der Waals surface area contributed by atoms with Gasteiger partial charge in [-0.3, -0.25) is 0 Å². The van der Waals surface area contributed by atoms with Crippen LogP contribution in [0, 0.1) is 22.7 Å². The fourth-order valence-corrected chi connectivity index (χ4v) is 5.85. The molecule has 0 atom stereocenters. The monoisotopic (exact) mass is 424 g/mol. The van der Waals surface area contributed by atoms with E-state index in [0.717, 1.165) is 14.4 Å². The topological polar surface area (TPSA) is 60.7 Å². The Morgan fingerprint density at radius 3 is 2.48 bits per heavy atom. The van der Waals surface area contributed by atoms with Crippen LogP contribution in [0.4, 0.5) is 0 Å². The predicted octanol–water partition coefficient (Wildman–Crippen LogP) is 4.64. The molecule has 0 radical (unpaired) electrons. The van der Waals surface area contributed by atoms with Gasteiger partial charge in [-0.15, -0.1) is 0 Å². The second-order valence-corrected chi connectivity index (χ2v) is 21.3. The SMILES string of the molecule is [CH3][Sn]([CH3])([CH3])[c]1ccc(-c2cc(Cl)c(C=C(C#N)C#N)s2)o1. The minimum atomic E-state index is -2.21. The summed E-state index contributed by atoms with van der Waals surface area (Å²) in [4.78, 5) is 8.47. The van der Waals surface area contributed by atoms with Crippen LogP contribution in [0.3, 0.4) is 0 Å². The average molecular weight is 424 g/mol. The normalized spacial score (nSPS) is 10.8. The second-order valence-electron chi connectivity index (χ2n) is 5.52. The van der Waals surface area contributed by atoms with Crippen molar-refractivity contribution in [3.8, 4) is 22.8 Å². The van der Waals surface area contributed by atoms with Crippen LogP contribution in [0.5, 0.6) is 0 Å². The van der Waals surface area contributed by atoms with Crippen molar-refractivity contribution in [2.45, 2.75) is 14.8 Å². The molecule has 2 aromatic heterocycles. The fraction of sp³-hybridized carbons (Fsp3) is 0.200. The Morgan fingerprint density at radius 2 is 1.95 bits per heavy atom. The summed E-state index contributed by atoms with van der Waals surface area (Å²) in [5.74, 6) is 0.790. The van der Waals surface area contributed by atoms with E-state index in [9.17, 15) is 0 Å². The molecule has 0 unspecified atom stereocenters. The first kappa shape index (κ1) is 16.2. The van der Waals surface area contributed by atoms with E-state index in [1.165, 1.54) is 17.4 Å². The summed E-state index contributed by atoms with van der Waals surface area (Å²) in [6, 6.07) is 9.48. The van der Waals surface area contributed by atoms with Gasteiger partial charge in [-0.25, -0.2) is 0 Å². The van der Waals surface area contributed by atoms with Gasteiger partial charge >= 0.3 is 137 Å². The van der Waals surface area contributed by atoms with E-state index in [1.54, 1.807) is 0 Å². The fourth-order valence-electron chi connectivity index (χ4n) is 1.70. The predicted molar refractivity (Wildman–Crippen MR) is 89.2 cm³/mol. The van der Waals surface area contributed by atoms with Crippen LogP contribution in [-0.4, -0.2) is 18.4 Å². The van der Waals surface area contributed by atoms with Gasteiger partial charge in [0.1, 0.15) is 0 Å². The number of rotatable bonds is 3. The van der Waals surface area contributed by atoms with Gasteiger partial charge in [0.2, 0.25) is 0 Å². The molecule has 6 heteroatoms. The molecule has 0 amide bonds. The molecule has 0 N–H and O–H groups in total. The van der Waals surface area contributed by atoms with Crippen molar-refractivity contribution >= 4 is 51.2 Å². The molecule has 2 aromatic rings. The molecule has 0 spiro atoms. The van der Waals surface area contributed by atoms with Crippen molar-refractivity contribution in [3.63, 3.8) is 0 Å².